The summed E-state index contributed by atoms with van der Waals surface area (Å²) in [5.41, 5.74) is 3.24. The molecule has 0 aromatic heterocycles. The Morgan fingerprint density at radius 2 is 2.09 bits per heavy atom. The zero-order chi connectivity index (χ0) is 16.2. The molecule has 1 amide bonds. The summed E-state index contributed by atoms with van der Waals surface area (Å²) in [5, 5.41) is 13.6. The van der Waals surface area contributed by atoms with Gasteiger partial charge in [-0.3, -0.25) is 4.79 Å². The minimum atomic E-state index is -0.396. The fourth-order valence-corrected chi connectivity index (χ4v) is 2.02. The summed E-state index contributed by atoms with van der Waals surface area (Å²) >= 11 is 0. The van der Waals surface area contributed by atoms with Crippen molar-refractivity contribution in [2.24, 2.45) is 5.10 Å². The molecular formula is C16H14N2O5. The van der Waals surface area contributed by atoms with Crippen LogP contribution in [0.4, 0.5) is 0 Å². The van der Waals surface area contributed by atoms with E-state index in [4.69, 9.17) is 14.2 Å². The lowest BCUT2D eigenvalue weighted by atomic mass is 10.2. The highest BCUT2D eigenvalue weighted by Crippen LogP contribution is 2.32. The number of amides is 1. The zero-order valence-corrected chi connectivity index (χ0v) is 12.3. The lowest BCUT2D eigenvalue weighted by Crippen LogP contribution is -2.17. The topological polar surface area (TPSA) is 89.4 Å². The number of phenols is 1. The highest BCUT2D eigenvalue weighted by molar-refractivity contribution is 5.95. The Balaban J connectivity index is 1.67. The van der Waals surface area contributed by atoms with Gasteiger partial charge in [0.1, 0.15) is 11.5 Å². The molecule has 23 heavy (non-hydrogen) atoms. The Hall–Kier alpha value is -3.22. The predicted octanol–water partition coefficient (Wildman–Crippen LogP) is 1.89. The molecule has 0 aliphatic carbocycles. The van der Waals surface area contributed by atoms with Crippen LogP contribution in [0.25, 0.3) is 0 Å². The molecular weight excluding hydrogens is 300 g/mol. The van der Waals surface area contributed by atoms with E-state index in [1.165, 1.54) is 19.4 Å². The summed E-state index contributed by atoms with van der Waals surface area (Å²) in [6, 6.07) is 9.63. The monoisotopic (exact) mass is 314 g/mol. The quantitative estimate of drug-likeness (QED) is 0.664. The maximum atomic E-state index is 12.0. The van der Waals surface area contributed by atoms with Crippen molar-refractivity contribution in [1.29, 1.82) is 0 Å². The van der Waals surface area contributed by atoms with Gasteiger partial charge in [-0.15, -0.1) is 0 Å². The number of hydrogen-bond donors (Lipinski definition) is 2. The Bertz CT molecular complexity index is 773. The molecule has 0 atom stereocenters. The number of fused-ring (bicyclic) bond motifs is 1. The molecule has 2 N–H and O–H groups in total. The van der Waals surface area contributed by atoms with Crippen LogP contribution in [0.5, 0.6) is 23.0 Å². The maximum absolute atomic E-state index is 12.0. The van der Waals surface area contributed by atoms with Crippen LogP contribution >= 0.6 is 0 Å². The third kappa shape index (κ3) is 3.18. The van der Waals surface area contributed by atoms with Gasteiger partial charge in [-0.25, -0.2) is 5.43 Å². The number of phenolic OH excluding ortho intramolecular Hbond substituents is 1. The molecule has 0 radical (unpaired) electrons. The fraction of sp³-hybridized carbons (Fsp3) is 0.125. The SMILES string of the molecule is COc1ccc(/C=N\NC(=O)c2ccc3c(c2)OCO3)c(O)c1. The van der Waals surface area contributed by atoms with Crippen molar-refractivity contribution in [1.82, 2.24) is 5.43 Å². The van der Waals surface area contributed by atoms with Crippen LogP contribution in [0.2, 0.25) is 0 Å². The van der Waals surface area contributed by atoms with Crippen molar-refractivity contribution in [3.63, 3.8) is 0 Å². The van der Waals surface area contributed by atoms with Crippen molar-refractivity contribution in [2.75, 3.05) is 13.9 Å². The summed E-state index contributed by atoms with van der Waals surface area (Å²) in [4.78, 5) is 12.0. The molecule has 2 aromatic carbocycles. The fourth-order valence-electron chi connectivity index (χ4n) is 2.02. The normalized spacial score (nSPS) is 12.4. The largest absolute Gasteiger partial charge is 0.507 e. The highest BCUT2D eigenvalue weighted by atomic mass is 16.7. The van der Waals surface area contributed by atoms with Gasteiger partial charge in [0.05, 0.1) is 13.3 Å². The first kappa shape index (κ1) is 14.7. The van der Waals surface area contributed by atoms with Crippen molar-refractivity contribution in [3.8, 4) is 23.0 Å². The molecule has 118 valence electrons. The Morgan fingerprint density at radius 1 is 1.26 bits per heavy atom. The molecule has 1 heterocycles. The average molecular weight is 314 g/mol. The van der Waals surface area contributed by atoms with Crippen LogP contribution in [0.1, 0.15) is 15.9 Å². The van der Waals surface area contributed by atoms with Crippen LogP contribution in [0, 0.1) is 0 Å². The number of benzene rings is 2. The average Bonchev–Trinajstić information content (AvgIpc) is 3.03. The molecule has 0 fully saturated rings. The van der Waals surface area contributed by atoms with Crippen molar-refractivity contribution >= 4 is 12.1 Å². The molecule has 1 aliphatic heterocycles. The van der Waals surface area contributed by atoms with E-state index < -0.39 is 5.91 Å². The van der Waals surface area contributed by atoms with Crippen LogP contribution in [-0.2, 0) is 0 Å². The highest BCUT2D eigenvalue weighted by Gasteiger charge is 2.15. The summed E-state index contributed by atoms with van der Waals surface area (Å²) in [7, 11) is 1.51. The number of carbonyl (C=O) groups is 1. The van der Waals surface area contributed by atoms with Crippen LogP contribution in [0.3, 0.4) is 0 Å². The molecule has 0 spiro atoms. The standard InChI is InChI=1S/C16H14N2O5/c1-21-12-4-2-11(13(19)7-12)8-17-18-16(20)10-3-5-14-15(6-10)23-9-22-14/h2-8,19H,9H2,1H3,(H,18,20)/b17-8-. The Morgan fingerprint density at radius 3 is 2.87 bits per heavy atom. The molecule has 3 rings (SSSR count). The smallest absolute Gasteiger partial charge is 0.271 e. The molecule has 0 unspecified atom stereocenters. The number of nitrogens with zero attached hydrogens (tertiary/aromatic N) is 1. The summed E-state index contributed by atoms with van der Waals surface area (Å²) in [5.74, 6) is 1.27. The minimum Gasteiger partial charge on any atom is -0.507 e. The maximum Gasteiger partial charge on any atom is 0.271 e. The lowest BCUT2D eigenvalue weighted by molar-refractivity contribution is 0.0954. The van der Waals surface area contributed by atoms with Crippen LogP contribution in [0.15, 0.2) is 41.5 Å². The number of aromatic hydroxyl groups is 1. The number of rotatable bonds is 4. The van der Waals surface area contributed by atoms with E-state index in [-0.39, 0.29) is 12.5 Å². The molecule has 2 aromatic rings. The van der Waals surface area contributed by atoms with E-state index >= 15 is 0 Å². The number of hydrogen-bond acceptors (Lipinski definition) is 6. The first-order chi connectivity index (χ1) is 11.2. The third-order valence-corrected chi connectivity index (χ3v) is 3.24. The van der Waals surface area contributed by atoms with E-state index in [1.807, 2.05) is 0 Å². The number of carbonyl (C=O) groups excluding carboxylic acids is 1. The lowest BCUT2D eigenvalue weighted by Gasteiger charge is -2.03. The number of hydrazone groups is 1. The van der Waals surface area contributed by atoms with Crippen molar-refractivity contribution in [3.05, 3.63) is 47.5 Å². The number of ether oxygens (including phenoxy) is 3. The summed E-state index contributed by atoms with van der Waals surface area (Å²) in [6.07, 6.45) is 1.35. The second kappa shape index (κ2) is 6.27. The molecule has 0 saturated carbocycles. The Labute approximate surface area is 132 Å². The molecule has 7 heteroatoms. The first-order valence-corrected chi connectivity index (χ1v) is 6.77. The van der Waals surface area contributed by atoms with E-state index in [0.29, 0.717) is 28.4 Å². The molecule has 7 nitrogen and oxygen atoms in total. The van der Waals surface area contributed by atoms with Gasteiger partial charge >= 0.3 is 0 Å². The van der Waals surface area contributed by atoms with Crippen molar-refractivity contribution < 1.29 is 24.1 Å². The summed E-state index contributed by atoms with van der Waals surface area (Å²) in [6.45, 7) is 0.148. The van der Waals surface area contributed by atoms with E-state index in [0.717, 1.165) is 0 Å². The van der Waals surface area contributed by atoms with Gasteiger partial charge in [0.25, 0.3) is 5.91 Å². The van der Waals surface area contributed by atoms with Crippen LogP contribution in [-0.4, -0.2) is 31.1 Å². The second-order valence-corrected chi connectivity index (χ2v) is 4.69. The Kier molecular flexibility index (Phi) is 4.01. The predicted molar refractivity (Wildman–Crippen MR) is 82.3 cm³/mol. The van der Waals surface area contributed by atoms with Gasteiger partial charge in [0.2, 0.25) is 6.79 Å². The zero-order valence-electron chi connectivity index (χ0n) is 12.3. The first-order valence-electron chi connectivity index (χ1n) is 6.77. The van der Waals surface area contributed by atoms with E-state index in [9.17, 15) is 9.90 Å². The van der Waals surface area contributed by atoms with Gasteiger partial charge in [-0.05, 0) is 30.3 Å². The van der Waals surface area contributed by atoms with E-state index in [2.05, 4.69) is 10.5 Å². The third-order valence-electron chi connectivity index (χ3n) is 3.24. The van der Waals surface area contributed by atoms with Crippen molar-refractivity contribution in [2.45, 2.75) is 0 Å². The second-order valence-electron chi connectivity index (χ2n) is 4.69. The van der Waals surface area contributed by atoms with Gasteiger partial charge in [0.15, 0.2) is 11.5 Å². The van der Waals surface area contributed by atoms with Gasteiger partial charge in [0, 0.05) is 17.2 Å². The van der Waals surface area contributed by atoms with Gasteiger partial charge in [-0.1, -0.05) is 0 Å². The summed E-state index contributed by atoms with van der Waals surface area (Å²) < 4.78 is 15.4. The van der Waals surface area contributed by atoms with Gasteiger partial charge in [-0.2, -0.15) is 5.10 Å². The van der Waals surface area contributed by atoms with Gasteiger partial charge < -0.3 is 19.3 Å². The number of methoxy groups -OCH3 is 1. The van der Waals surface area contributed by atoms with E-state index in [1.54, 1.807) is 30.3 Å². The molecule has 0 bridgehead atoms. The molecule has 0 saturated heterocycles. The van der Waals surface area contributed by atoms with Crippen LogP contribution < -0.4 is 19.6 Å². The molecule has 1 aliphatic rings. The minimum absolute atomic E-state index is 0.00503. The number of nitrogens with one attached hydrogen (secondary N) is 1.